The fraction of sp³-hybridized carbons (Fsp3) is 0.111. The Balaban J connectivity index is 1.84. The summed E-state index contributed by atoms with van der Waals surface area (Å²) in [5, 5.41) is 12.8. The highest BCUT2D eigenvalue weighted by atomic mass is 16.5. The summed E-state index contributed by atoms with van der Waals surface area (Å²) >= 11 is 0. The molecule has 4 rings (SSSR count). The van der Waals surface area contributed by atoms with E-state index in [1.807, 2.05) is 24.3 Å². The standard InChI is InChI=1S/C27H22N2O5/c1-31-19-12-8-17(9-13-19)24-22(16-28)27(29-26(30)21-6-4-5-7-23(21)33-3)34-25(24)18-10-14-20(32-2)15-11-18/h4-15H,1-3H3,(H,29,30). The van der Waals surface area contributed by atoms with E-state index in [1.165, 1.54) is 7.11 Å². The molecule has 0 fully saturated rings. The molecular formula is C27H22N2O5. The van der Waals surface area contributed by atoms with Crippen molar-refractivity contribution in [3.8, 4) is 45.8 Å². The Morgan fingerprint density at radius 3 is 1.97 bits per heavy atom. The van der Waals surface area contributed by atoms with E-state index in [4.69, 9.17) is 18.6 Å². The molecule has 1 amide bonds. The van der Waals surface area contributed by atoms with Crippen molar-refractivity contribution in [1.29, 1.82) is 5.26 Å². The second-order valence-corrected chi connectivity index (χ2v) is 7.23. The molecule has 0 unspecified atom stereocenters. The van der Waals surface area contributed by atoms with Gasteiger partial charge in [0.1, 0.15) is 34.6 Å². The van der Waals surface area contributed by atoms with E-state index in [1.54, 1.807) is 62.8 Å². The fourth-order valence-corrected chi connectivity index (χ4v) is 3.61. The molecule has 7 heteroatoms. The number of anilines is 1. The van der Waals surface area contributed by atoms with Crippen LogP contribution in [0, 0.1) is 11.3 Å². The molecule has 0 spiro atoms. The summed E-state index contributed by atoms with van der Waals surface area (Å²) < 4.78 is 21.9. The van der Waals surface area contributed by atoms with E-state index in [-0.39, 0.29) is 11.4 Å². The van der Waals surface area contributed by atoms with E-state index in [9.17, 15) is 10.1 Å². The molecule has 4 aromatic rings. The number of ether oxygens (including phenoxy) is 3. The molecule has 0 aliphatic heterocycles. The first-order valence-corrected chi connectivity index (χ1v) is 10.4. The zero-order chi connectivity index (χ0) is 24.1. The minimum absolute atomic E-state index is 0.0510. The van der Waals surface area contributed by atoms with Gasteiger partial charge in [0.2, 0.25) is 5.88 Å². The quantitative estimate of drug-likeness (QED) is 0.381. The second-order valence-electron chi connectivity index (χ2n) is 7.23. The van der Waals surface area contributed by atoms with Gasteiger partial charge in [-0.1, -0.05) is 24.3 Å². The Labute approximate surface area is 197 Å². The van der Waals surface area contributed by atoms with Gasteiger partial charge in [-0.05, 0) is 54.1 Å². The lowest BCUT2D eigenvalue weighted by Gasteiger charge is -2.07. The molecule has 34 heavy (non-hydrogen) atoms. The highest BCUT2D eigenvalue weighted by Crippen LogP contribution is 2.42. The van der Waals surface area contributed by atoms with Crippen LogP contribution in [0.5, 0.6) is 17.2 Å². The van der Waals surface area contributed by atoms with Crippen LogP contribution in [-0.2, 0) is 0 Å². The number of hydrogen-bond acceptors (Lipinski definition) is 6. The van der Waals surface area contributed by atoms with Gasteiger partial charge in [0.15, 0.2) is 0 Å². The summed E-state index contributed by atoms with van der Waals surface area (Å²) in [5.74, 6) is 1.82. The van der Waals surface area contributed by atoms with Crippen LogP contribution in [0.4, 0.5) is 5.88 Å². The number of rotatable bonds is 7. The lowest BCUT2D eigenvalue weighted by molar-refractivity contribution is 0.102. The van der Waals surface area contributed by atoms with Gasteiger partial charge in [0.05, 0.1) is 26.9 Å². The van der Waals surface area contributed by atoms with Gasteiger partial charge >= 0.3 is 0 Å². The first-order valence-electron chi connectivity index (χ1n) is 10.4. The van der Waals surface area contributed by atoms with Gasteiger partial charge in [0, 0.05) is 11.1 Å². The maximum Gasteiger partial charge on any atom is 0.261 e. The molecule has 1 heterocycles. The summed E-state index contributed by atoms with van der Waals surface area (Å²) in [5.41, 5.74) is 2.55. The van der Waals surface area contributed by atoms with Gasteiger partial charge < -0.3 is 18.6 Å². The van der Waals surface area contributed by atoms with Crippen LogP contribution < -0.4 is 19.5 Å². The number of carbonyl (C=O) groups is 1. The SMILES string of the molecule is COc1ccc(-c2oc(NC(=O)c3ccccc3OC)c(C#N)c2-c2ccc(OC)cc2)cc1. The molecule has 0 aliphatic rings. The van der Waals surface area contributed by atoms with Crippen LogP contribution in [0.15, 0.2) is 77.2 Å². The third-order valence-corrected chi connectivity index (χ3v) is 5.33. The van der Waals surface area contributed by atoms with Crippen LogP contribution in [0.2, 0.25) is 0 Å². The zero-order valence-corrected chi connectivity index (χ0v) is 18.9. The molecule has 0 atom stereocenters. The van der Waals surface area contributed by atoms with E-state index in [0.29, 0.717) is 34.1 Å². The predicted octanol–water partition coefficient (Wildman–Crippen LogP) is 5.76. The molecule has 0 saturated carbocycles. The van der Waals surface area contributed by atoms with Gasteiger partial charge in [-0.25, -0.2) is 0 Å². The lowest BCUT2D eigenvalue weighted by Crippen LogP contribution is -2.13. The second kappa shape index (κ2) is 9.84. The molecule has 0 radical (unpaired) electrons. The van der Waals surface area contributed by atoms with Crippen LogP contribution in [0.1, 0.15) is 15.9 Å². The number of carbonyl (C=O) groups excluding carboxylic acids is 1. The summed E-state index contributed by atoms with van der Waals surface area (Å²) in [6.07, 6.45) is 0. The number of benzene rings is 3. The third-order valence-electron chi connectivity index (χ3n) is 5.33. The topological polar surface area (TPSA) is 93.7 Å². The minimum atomic E-state index is -0.453. The van der Waals surface area contributed by atoms with Crippen LogP contribution in [-0.4, -0.2) is 27.2 Å². The summed E-state index contributed by atoms with van der Waals surface area (Å²) in [7, 11) is 4.66. The number of hydrogen-bond donors (Lipinski definition) is 1. The first kappa shape index (κ1) is 22.5. The Morgan fingerprint density at radius 2 is 1.41 bits per heavy atom. The zero-order valence-electron chi connectivity index (χ0n) is 18.9. The summed E-state index contributed by atoms with van der Waals surface area (Å²) in [6, 6.07) is 23.6. The Kier molecular flexibility index (Phi) is 6.51. The molecule has 7 nitrogen and oxygen atoms in total. The molecule has 170 valence electrons. The molecule has 0 saturated heterocycles. The maximum atomic E-state index is 13.0. The van der Waals surface area contributed by atoms with E-state index in [0.717, 1.165) is 11.1 Å². The molecule has 3 aromatic carbocycles. The number of nitrogens with zero attached hydrogens (tertiary/aromatic N) is 1. The molecule has 1 aromatic heterocycles. The predicted molar refractivity (Wildman–Crippen MR) is 128 cm³/mol. The van der Waals surface area contributed by atoms with Crippen LogP contribution >= 0.6 is 0 Å². The molecule has 0 bridgehead atoms. The normalized spacial score (nSPS) is 10.3. The van der Waals surface area contributed by atoms with Crippen LogP contribution in [0.3, 0.4) is 0 Å². The highest BCUT2D eigenvalue weighted by Gasteiger charge is 2.25. The maximum absolute atomic E-state index is 13.0. The first-order chi connectivity index (χ1) is 16.6. The van der Waals surface area contributed by atoms with Crippen molar-refractivity contribution in [3.05, 3.63) is 83.9 Å². The Hall–Kier alpha value is -4.70. The fourth-order valence-electron chi connectivity index (χ4n) is 3.61. The van der Waals surface area contributed by atoms with Gasteiger partial charge in [-0.2, -0.15) is 5.26 Å². The average molecular weight is 454 g/mol. The number of furan rings is 1. The largest absolute Gasteiger partial charge is 0.497 e. The number of amides is 1. The molecular weight excluding hydrogens is 432 g/mol. The Morgan fingerprint density at radius 1 is 0.824 bits per heavy atom. The molecule has 1 N–H and O–H groups in total. The van der Waals surface area contributed by atoms with Crippen molar-refractivity contribution in [3.63, 3.8) is 0 Å². The van der Waals surface area contributed by atoms with E-state index in [2.05, 4.69) is 11.4 Å². The van der Waals surface area contributed by atoms with E-state index < -0.39 is 5.91 Å². The van der Waals surface area contributed by atoms with Gasteiger partial charge in [0.25, 0.3) is 5.91 Å². The smallest absolute Gasteiger partial charge is 0.261 e. The van der Waals surface area contributed by atoms with Gasteiger partial charge in [-0.3, -0.25) is 10.1 Å². The van der Waals surface area contributed by atoms with Crippen molar-refractivity contribution in [2.45, 2.75) is 0 Å². The highest BCUT2D eigenvalue weighted by molar-refractivity contribution is 6.07. The van der Waals surface area contributed by atoms with Crippen molar-refractivity contribution < 1.29 is 23.4 Å². The third kappa shape index (κ3) is 4.30. The van der Waals surface area contributed by atoms with E-state index >= 15 is 0 Å². The number of methoxy groups -OCH3 is 3. The summed E-state index contributed by atoms with van der Waals surface area (Å²) in [4.78, 5) is 13.0. The van der Waals surface area contributed by atoms with Crippen molar-refractivity contribution in [2.75, 3.05) is 26.6 Å². The van der Waals surface area contributed by atoms with Crippen molar-refractivity contribution in [2.24, 2.45) is 0 Å². The van der Waals surface area contributed by atoms with Gasteiger partial charge in [-0.15, -0.1) is 0 Å². The number of para-hydroxylation sites is 1. The number of nitriles is 1. The monoisotopic (exact) mass is 454 g/mol. The van der Waals surface area contributed by atoms with Crippen molar-refractivity contribution >= 4 is 11.8 Å². The average Bonchev–Trinajstić information content (AvgIpc) is 3.26. The minimum Gasteiger partial charge on any atom is -0.497 e. The lowest BCUT2D eigenvalue weighted by atomic mass is 9.98. The Bertz CT molecular complexity index is 1350. The van der Waals surface area contributed by atoms with Crippen LogP contribution in [0.25, 0.3) is 22.5 Å². The summed E-state index contributed by atoms with van der Waals surface area (Å²) in [6.45, 7) is 0. The van der Waals surface area contributed by atoms with Crippen molar-refractivity contribution in [1.82, 2.24) is 0 Å². The number of nitrogens with one attached hydrogen (secondary N) is 1. The molecule has 0 aliphatic carbocycles.